The van der Waals surface area contributed by atoms with Gasteiger partial charge in [-0.1, -0.05) is 59.6 Å². The fourth-order valence-electron chi connectivity index (χ4n) is 3.33. The van der Waals surface area contributed by atoms with E-state index in [1.165, 1.54) is 29.1 Å². The molecule has 0 aromatic heterocycles. The summed E-state index contributed by atoms with van der Waals surface area (Å²) in [6, 6.07) is 20.7. The monoisotopic (exact) mass is 482 g/mol. The Morgan fingerprint density at radius 1 is 0.812 bits per heavy atom. The van der Waals surface area contributed by atoms with Crippen molar-refractivity contribution < 1.29 is 14.3 Å². The molecule has 8 heteroatoms. The van der Waals surface area contributed by atoms with Gasteiger partial charge in [0.2, 0.25) is 0 Å². The normalized spacial score (nSPS) is 15.5. The van der Waals surface area contributed by atoms with E-state index in [0.29, 0.717) is 27.7 Å². The van der Waals surface area contributed by atoms with E-state index in [0.717, 1.165) is 0 Å². The van der Waals surface area contributed by atoms with Gasteiger partial charge in [0.05, 0.1) is 28.5 Å². The Morgan fingerprint density at radius 3 is 2.09 bits per heavy atom. The van der Waals surface area contributed by atoms with Crippen LogP contribution in [-0.2, 0) is 9.59 Å². The molecule has 2 amide bonds. The van der Waals surface area contributed by atoms with E-state index in [2.05, 4.69) is 0 Å². The summed E-state index contributed by atoms with van der Waals surface area (Å²) in [4.78, 5) is 29.6. The molecule has 5 nitrogen and oxygen atoms in total. The van der Waals surface area contributed by atoms with Gasteiger partial charge in [0.15, 0.2) is 5.11 Å². The van der Waals surface area contributed by atoms with Crippen molar-refractivity contribution in [2.75, 3.05) is 16.9 Å². The van der Waals surface area contributed by atoms with Gasteiger partial charge in [0.1, 0.15) is 11.3 Å². The quantitative estimate of drug-likeness (QED) is 0.269. The molecule has 1 saturated heterocycles. The molecule has 0 radical (unpaired) electrons. The zero-order valence-corrected chi connectivity index (χ0v) is 19.1. The molecule has 0 atom stereocenters. The number of methoxy groups -OCH3 is 1. The molecule has 3 aromatic carbocycles. The lowest BCUT2D eigenvalue weighted by molar-refractivity contribution is -0.120. The zero-order valence-electron chi connectivity index (χ0n) is 16.8. The molecule has 0 aliphatic carbocycles. The third-order valence-electron chi connectivity index (χ3n) is 4.86. The summed E-state index contributed by atoms with van der Waals surface area (Å²) < 4.78 is 5.38. The van der Waals surface area contributed by atoms with Crippen LogP contribution in [0.3, 0.4) is 0 Å². The van der Waals surface area contributed by atoms with Crippen LogP contribution in [0, 0.1) is 0 Å². The highest BCUT2D eigenvalue weighted by Gasteiger charge is 2.41. The van der Waals surface area contributed by atoms with Crippen LogP contribution in [0.4, 0.5) is 11.4 Å². The molecule has 1 heterocycles. The van der Waals surface area contributed by atoms with Crippen molar-refractivity contribution in [2.45, 2.75) is 0 Å². The third kappa shape index (κ3) is 4.00. The summed E-state index contributed by atoms with van der Waals surface area (Å²) >= 11 is 17.8. The molecule has 0 saturated carbocycles. The number of rotatable bonds is 4. The number of para-hydroxylation sites is 2. The number of hydrogen-bond acceptors (Lipinski definition) is 4. The summed E-state index contributed by atoms with van der Waals surface area (Å²) in [5, 5.41) is 0.617. The number of carbonyl (C=O) groups is 2. The van der Waals surface area contributed by atoms with Gasteiger partial charge in [-0.05, 0) is 54.7 Å². The number of carbonyl (C=O) groups excluding carboxylic acids is 2. The largest absolute Gasteiger partial charge is 0.496 e. The predicted molar refractivity (Wildman–Crippen MR) is 131 cm³/mol. The molecule has 0 bridgehead atoms. The second-order valence-electron chi connectivity index (χ2n) is 6.80. The number of hydrogen-bond donors (Lipinski definition) is 0. The minimum atomic E-state index is -0.573. The molecule has 0 N–H and O–H groups in total. The number of anilines is 2. The van der Waals surface area contributed by atoms with Gasteiger partial charge in [0, 0.05) is 5.56 Å². The summed E-state index contributed by atoms with van der Waals surface area (Å²) in [5.74, 6) is -0.578. The van der Waals surface area contributed by atoms with Crippen LogP contribution in [0.25, 0.3) is 6.08 Å². The molecule has 1 aliphatic rings. The first kappa shape index (κ1) is 22.0. The topological polar surface area (TPSA) is 49.9 Å². The molecule has 3 aromatic rings. The maximum atomic E-state index is 13.5. The van der Waals surface area contributed by atoms with Gasteiger partial charge in [0.25, 0.3) is 11.8 Å². The van der Waals surface area contributed by atoms with Crippen molar-refractivity contribution in [1.82, 2.24) is 0 Å². The minimum Gasteiger partial charge on any atom is -0.496 e. The van der Waals surface area contributed by atoms with Gasteiger partial charge >= 0.3 is 0 Å². The number of thiocarbonyl (C=S) groups is 1. The van der Waals surface area contributed by atoms with Gasteiger partial charge in [-0.3, -0.25) is 19.4 Å². The van der Waals surface area contributed by atoms with Crippen LogP contribution in [0.5, 0.6) is 5.75 Å². The Balaban J connectivity index is 1.90. The fraction of sp³-hybridized carbons (Fsp3) is 0.0417. The SMILES string of the molecule is COc1ccccc1/C=C1\C(=O)N(c2ccccc2)C(=S)N(c2ccc(Cl)c(Cl)c2)C1=O. The molecule has 32 heavy (non-hydrogen) atoms. The van der Waals surface area contributed by atoms with Crippen molar-refractivity contribution in [3.8, 4) is 5.75 Å². The Bertz CT molecular complexity index is 1260. The standard InChI is InChI=1S/C24H16Cl2N2O3S/c1-31-21-10-6-5-7-15(21)13-18-22(29)27(16-8-3-2-4-9-16)24(32)28(23(18)30)17-11-12-19(25)20(26)14-17/h2-14H,1H3/b18-13+. The van der Waals surface area contributed by atoms with Crippen LogP contribution in [0.2, 0.25) is 10.0 Å². The molecular weight excluding hydrogens is 467 g/mol. The average Bonchev–Trinajstić information content (AvgIpc) is 2.80. The molecular formula is C24H16Cl2N2O3S. The molecule has 1 aliphatic heterocycles. The Labute approximate surface area is 200 Å². The van der Waals surface area contributed by atoms with E-state index in [-0.39, 0.29) is 15.7 Å². The van der Waals surface area contributed by atoms with Crippen LogP contribution in [0.15, 0.2) is 78.4 Å². The number of nitrogens with zero attached hydrogens (tertiary/aromatic N) is 2. The third-order valence-corrected chi connectivity index (χ3v) is 5.97. The highest BCUT2D eigenvalue weighted by atomic mass is 35.5. The van der Waals surface area contributed by atoms with E-state index >= 15 is 0 Å². The van der Waals surface area contributed by atoms with Gasteiger partial charge in [-0.2, -0.15) is 0 Å². The first-order chi connectivity index (χ1) is 15.4. The predicted octanol–water partition coefficient (Wildman–Crippen LogP) is 5.75. The molecule has 1 fully saturated rings. The lowest BCUT2D eigenvalue weighted by atomic mass is 10.0. The molecule has 4 rings (SSSR count). The number of halogens is 2. The molecule has 0 unspecified atom stereocenters. The van der Waals surface area contributed by atoms with Crippen LogP contribution in [-0.4, -0.2) is 24.0 Å². The summed E-state index contributed by atoms with van der Waals surface area (Å²) in [5.41, 5.74) is 1.44. The summed E-state index contributed by atoms with van der Waals surface area (Å²) in [7, 11) is 1.52. The van der Waals surface area contributed by atoms with Crippen molar-refractivity contribution in [3.63, 3.8) is 0 Å². The highest BCUT2D eigenvalue weighted by Crippen LogP contribution is 2.33. The van der Waals surface area contributed by atoms with E-state index < -0.39 is 11.8 Å². The van der Waals surface area contributed by atoms with E-state index in [1.54, 1.807) is 60.7 Å². The van der Waals surface area contributed by atoms with Crippen molar-refractivity contribution >= 4 is 69.8 Å². The fourth-order valence-corrected chi connectivity index (χ4v) is 4.00. The maximum absolute atomic E-state index is 13.5. The Morgan fingerprint density at radius 2 is 1.44 bits per heavy atom. The van der Waals surface area contributed by atoms with E-state index in [9.17, 15) is 9.59 Å². The lowest BCUT2D eigenvalue weighted by Gasteiger charge is -2.36. The van der Waals surface area contributed by atoms with Gasteiger partial charge < -0.3 is 4.74 Å². The number of amides is 2. The summed E-state index contributed by atoms with van der Waals surface area (Å²) in [6.07, 6.45) is 1.51. The van der Waals surface area contributed by atoms with Crippen LogP contribution in [0.1, 0.15) is 5.56 Å². The first-order valence-corrected chi connectivity index (χ1v) is 10.7. The second-order valence-corrected chi connectivity index (χ2v) is 7.98. The second kappa shape index (κ2) is 9.12. The van der Waals surface area contributed by atoms with E-state index in [4.69, 9.17) is 40.2 Å². The molecule has 0 spiro atoms. The van der Waals surface area contributed by atoms with Crippen molar-refractivity contribution in [3.05, 3.63) is 94.0 Å². The van der Waals surface area contributed by atoms with Crippen LogP contribution < -0.4 is 14.5 Å². The summed E-state index contributed by atoms with van der Waals surface area (Å²) in [6.45, 7) is 0. The number of ether oxygens (including phenoxy) is 1. The molecule has 160 valence electrons. The lowest BCUT2D eigenvalue weighted by Crippen LogP contribution is -2.56. The Hall–Kier alpha value is -3.19. The zero-order chi connectivity index (χ0) is 22.8. The van der Waals surface area contributed by atoms with Crippen LogP contribution >= 0.6 is 35.4 Å². The van der Waals surface area contributed by atoms with Crippen molar-refractivity contribution in [1.29, 1.82) is 0 Å². The maximum Gasteiger partial charge on any atom is 0.270 e. The van der Waals surface area contributed by atoms with Crippen molar-refractivity contribution in [2.24, 2.45) is 0 Å². The Kier molecular flexibility index (Phi) is 6.28. The smallest absolute Gasteiger partial charge is 0.270 e. The average molecular weight is 483 g/mol. The van der Waals surface area contributed by atoms with Gasteiger partial charge in [-0.25, -0.2) is 0 Å². The van der Waals surface area contributed by atoms with Gasteiger partial charge in [-0.15, -0.1) is 0 Å². The highest BCUT2D eigenvalue weighted by molar-refractivity contribution is 7.81. The minimum absolute atomic E-state index is 0.0155. The number of benzene rings is 3. The first-order valence-electron chi connectivity index (χ1n) is 9.50. The van der Waals surface area contributed by atoms with E-state index in [1.807, 2.05) is 6.07 Å².